The van der Waals surface area contributed by atoms with Gasteiger partial charge >= 0.3 is 0 Å². The van der Waals surface area contributed by atoms with Crippen LogP contribution in [0.2, 0.25) is 0 Å². The molecule has 3 heterocycles. The number of hydrogen-bond acceptors (Lipinski definition) is 2. The summed E-state index contributed by atoms with van der Waals surface area (Å²) < 4.78 is 6.12. The Morgan fingerprint density at radius 1 is 1.37 bits per heavy atom. The van der Waals surface area contributed by atoms with Gasteiger partial charge in [0.15, 0.2) is 10.3 Å². The van der Waals surface area contributed by atoms with Crippen LogP contribution in [-0.2, 0) is 0 Å². The molecule has 2 aromatic rings. The topological polar surface area (TPSA) is 49.2 Å². The molecule has 5 heteroatoms. The molecule has 4 nitrogen and oxygen atoms in total. The normalized spacial score (nSPS) is 24.1. The van der Waals surface area contributed by atoms with E-state index in [0.717, 1.165) is 18.6 Å². The van der Waals surface area contributed by atoms with E-state index < -0.39 is 0 Å². The van der Waals surface area contributed by atoms with Crippen molar-refractivity contribution in [3.63, 3.8) is 0 Å². The van der Waals surface area contributed by atoms with Crippen molar-refractivity contribution < 1.29 is 9.21 Å². The molecule has 0 bridgehead atoms. The zero-order valence-corrected chi connectivity index (χ0v) is 12.7. The smallest absolute Gasteiger partial charge is 0.270 e. The van der Waals surface area contributed by atoms with Crippen LogP contribution < -0.4 is 0 Å². The molecule has 1 fully saturated rings. The fourth-order valence-corrected chi connectivity index (χ4v) is 3.41. The second kappa shape index (κ2) is 4.71. The maximum absolute atomic E-state index is 12.5. The minimum Gasteiger partial charge on any atom is -0.448 e. The van der Waals surface area contributed by atoms with Crippen molar-refractivity contribution in [2.24, 2.45) is 11.8 Å². The van der Waals surface area contributed by atoms with Crippen molar-refractivity contribution in [1.82, 2.24) is 9.88 Å². The lowest BCUT2D eigenvalue weighted by Crippen LogP contribution is -2.42. The molecule has 2 atom stereocenters. The largest absolute Gasteiger partial charge is 0.448 e. The van der Waals surface area contributed by atoms with Gasteiger partial charge in [0, 0.05) is 25.2 Å². The number of furan rings is 1. The van der Waals surface area contributed by atoms with Gasteiger partial charge in [0.05, 0.1) is 5.52 Å². The molecule has 2 aromatic heterocycles. The molecule has 3 rings (SSSR count). The number of hydrogen-bond donors (Lipinski definition) is 1. The fourth-order valence-electron chi connectivity index (χ4n) is 3.01. The maximum Gasteiger partial charge on any atom is 0.270 e. The third kappa shape index (κ3) is 2.43. The average molecular weight is 325 g/mol. The van der Waals surface area contributed by atoms with E-state index in [0.29, 0.717) is 27.8 Å². The van der Waals surface area contributed by atoms with E-state index in [1.54, 1.807) is 6.07 Å². The van der Waals surface area contributed by atoms with E-state index in [2.05, 4.69) is 34.8 Å². The number of nitrogens with zero attached hydrogens (tertiary/aromatic N) is 1. The second-order valence-corrected chi connectivity index (χ2v) is 6.45. The van der Waals surface area contributed by atoms with Crippen molar-refractivity contribution >= 4 is 32.9 Å². The number of piperidine rings is 1. The number of H-pyrrole nitrogens is 1. The highest BCUT2D eigenvalue weighted by molar-refractivity contribution is 9.10. The Hall–Kier alpha value is -1.23. The summed E-state index contributed by atoms with van der Waals surface area (Å²) in [5.74, 6) is 1.21. The summed E-state index contributed by atoms with van der Waals surface area (Å²) in [6.45, 7) is 6.09. The highest BCUT2D eigenvalue weighted by atomic mass is 79.9. The highest BCUT2D eigenvalue weighted by Gasteiger charge is 2.27. The Kier molecular flexibility index (Phi) is 3.17. The first-order valence-electron chi connectivity index (χ1n) is 6.60. The number of rotatable bonds is 1. The highest BCUT2D eigenvalue weighted by Crippen LogP contribution is 2.26. The van der Waals surface area contributed by atoms with E-state index >= 15 is 0 Å². The molecular formula is C14H17BrN2O2. The van der Waals surface area contributed by atoms with Gasteiger partial charge in [0.25, 0.3) is 5.91 Å². The number of aromatic amines is 1. The van der Waals surface area contributed by atoms with Crippen LogP contribution in [0, 0.1) is 11.8 Å². The first-order chi connectivity index (χ1) is 9.02. The quantitative estimate of drug-likeness (QED) is 0.870. The lowest BCUT2D eigenvalue weighted by Gasteiger charge is -2.34. The van der Waals surface area contributed by atoms with Gasteiger partial charge < -0.3 is 14.3 Å². The van der Waals surface area contributed by atoms with E-state index in [1.165, 1.54) is 6.42 Å². The Labute approximate surface area is 120 Å². The van der Waals surface area contributed by atoms with E-state index in [1.807, 2.05) is 11.0 Å². The average Bonchev–Trinajstić information content (AvgIpc) is 2.83. The Morgan fingerprint density at radius 3 is 2.68 bits per heavy atom. The van der Waals surface area contributed by atoms with E-state index in [4.69, 9.17) is 4.42 Å². The van der Waals surface area contributed by atoms with Crippen molar-refractivity contribution in [3.8, 4) is 0 Å². The van der Waals surface area contributed by atoms with Gasteiger partial charge in [-0.15, -0.1) is 0 Å². The first kappa shape index (κ1) is 12.8. The molecule has 1 aliphatic heterocycles. The third-order valence-corrected chi connectivity index (χ3v) is 4.05. The molecule has 1 saturated heterocycles. The number of carbonyl (C=O) groups excluding carboxylic acids is 1. The number of nitrogens with one attached hydrogen (secondary N) is 1. The maximum atomic E-state index is 12.5. The van der Waals surface area contributed by atoms with Gasteiger partial charge in [-0.3, -0.25) is 4.79 Å². The Bertz CT molecular complexity index is 575. The first-order valence-corrected chi connectivity index (χ1v) is 7.39. The lowest BCUT2D eigenvalue weighted by atomic mass is 9.92. The van der Waals surface area contributed by atoms with Gasteiger partial charge in [0.1, 0.15) is 5.69 Å². The minimum atomic E-state index is 0.0703. The third-order valence-electron chi connectivity index (χ3n) is 3.66. The molecule has 0 radical (unpaired) electrons. The van der Waals surface area contributed by atoms with Crippen molar-refractivity contribution in [2.45, 2.75) is 20.3 Å². The van der Waals surface area contributed by atoms with Crippen LogP contribution in [0.25, 0.3) is 11.1 Å². The van der Waals surface area contributed by atoms with Crippen molar-refractivity contribution in [2.75, 3.05) is 13.1 Å². The molecule has 2 unspecified atom stereocenters. The van der Waals surface area contributed by atoms with Gasteiger partial charge in [-0.25, -0.2) is 0 Å². The van der Waals surface area contributed by atoms with Crippen LogP contribution in [-0.4, -0.2) is 28.9 Å². The van der Waals surface area contributed by atoms with Gasteiger partial charge in [-0.2, -0.15) is 0 Å². The number of amides is 1. The van der Waals surface area contributed by atoms with Crippen LogP contribution in [0.1, 0.15) is 30.8 Å². The van der Waals surface area contributed by atoms with Gasteiger partial charge in [0.2, 0.25) is 0 Å². The summed E-state index contributed by atoms with van der Waals surface area (Å²) in [7, 11) is 0. The molecule has 102 valence electrons. The summed E-state index contributed by atoms with van der Waals surface area (Å²) in [6.07, 6.45) is 1.20. The van der Waals surface area contributed by atoms with Gasteiger partial charge in [-0.05, 0) is 34.2 Å². The number of halogens is 1. The zero-order chi connectivity index (χ0) is 13.6. The Balaban J connectivity index is 1.84. The molecule has 0 aliphatic carbocycles. The molecule has 1 N–H and O–H groups in total. The molecule has 1 aliphatic rings. The van der Waals surface area contributed by atoms with Crippen molar-refractivity contribution in [1.29, 1.82) is 0 Å². The molecule has 1 amide bonds. The standard InChI is InChI=1S/C14H17BrN2O2/c1-8-3-9(2)7-17(6-8)14(18)11-4-12-10(16-11)5-13(15)19-12/h4-5,8-9,16H,3,6-7H2,1-2H3. The summed E-state index contributed by atoms with van der Waals surface area (Å²) in [5, 5.41) is 0. The number of aromatic nitrogens is 1. The summed E-state index contributed by atoms with van der Waals surface area (Å²) in [6, 6.07) is 3.62. The second-order valence-electron chi connectivity index (χ2n) is 5.67. The van der Waals surface area contributed by atoms with Gasteiger partial charge in [-0.1, -0.05) is 13.8 Å². The van der Waals surface area contributed by atoms with E-state index in [-0.39, 0.29) is 5.91 Å². The molecule has 0 saturated carbocycles. The zero-order valence-electron chi connectivity index (χ0n) is 11.1. The fraction of sp³-hybridized carbons (Fsp3) is 0.500. The predicted octanol–water partition coefficient (Wildman–Crippen LogP) is 3.64. The summed E-state index contributed by atoms with van der Waals surface area (Å²) >= 11 is 3.28. The molecule has 0 spiro atoms. The van der Waals surface area contributed by atoms with Crippen molar-refractivity contribution in [3.05, 3.63) is 22.5 Å². The number of carbonyl (C=O) groups is 1. The summed E-state index contributed by atoms with van der Waals surface area (Å²) in [4.78, 5) is 17.6. The van der Waals surface area contributed by atoms with Crippen LogP contribution in [0.4, 0.5) is 0 Å². The molecule has 0 aromatic carbocycles. The Morgan fingerprint density at radius 2 is 2.05 bits per heavy atom. The predicted molar refractivity (Wildman–Crippen MR) is 77.1 cm³/mol. The SMILES string of the molecule is CC1CC(C)CN(C(=O)c2cc3oc(Br)cc3[nH]2)C1. The van der Waals surface area contributed by atoms with Crippen LogP contribution in [0.5, 0.6) is 0 Å². The minimum absolute atomic E-state index is 0.0703. The summed E-state index contributed by atoms with van der Waals surface area (Å²) in [5.41, 5.74) is 2.18. The lowest BCUT2D eigenvalue weighted by molar-refractivity contribution is 0.0618. The van der Waals surface area contributed by atoms with Crippen LogP contribution in [0.3, 0.4) is 0 Å². The number of likely N-dealkylation sites (tertiary alicyclic amines) is 1. The molecule has 19 heavy (non-hydrogen) atoms. The van der Waals surface area contributed by atoms with Crippen LogP contribution in [0.15, 0.2) is 21.2 Å². The monoisotopic (exact) mass is 324 g/mol. The van der Waals surface area contributed by atoms with Crippen LogP contribution >= 0.6 is 15.9 Å². The molecular weight excluding hydrogens is 308 g/mol. The number of fused-ring (bicyclic) bond motifs is 1. The van der Waals surface area contributed by atoms with E-state index in [9.17, 15) is 4.79 Å².